The van der Waals surface area contributed by atoms with Crippen molar-refractivity contribution in [2.75, 3.05) is 0 Å². The zero-order chi connectivity index (χ0) is 12.7. The Bertz CT molecular complexity index is 375. The Kier molecular flexibility index (Phi) is 3.99. The van der Waals surface area contributed by atoms with E-state index in [4.69, 9.17) is 0 Å². The molecule has 0 saturated carbocycles. The zero-order valence-corrected chi connectivity index (χ0v) is 12.3. The molecule has 0 fully saturated rings. The van der Waals surface area contributed by atoms with Gasteiger partial charge in [-0.1, -0.05) is 0 Å². The summed E-state index contributed by atoms with van der Waals surface area (Å²) in [6.07, 6.45) is 0. The van der Waals surface area contributed by atoms with E-state index in [1.807, 2.05) is 0 Å². The van der Waals surface area contributed by atoms with Gasteiger partial charge in [0.25, 0.3) is 0 Å². The van der Waals surface area contributed by atoms with Crippen molar-refractivity contribution < 1.29 is 16.8 Å². The van der Waals surface area contributed by atoms with Crippen LogP contribution < -0.4 is 0 Å². The molecule has 7 heteroatoms. The maximum absolute atomic E-state index is 11.7. The molecule has 0 unspecified atom stereocenters. The van der Waals surface area contributed by atoms with Gasteiger partial charge in [0.2, 0.25) is 17.7 Å². The molecule has 0 N–H and O–H groups in total. The third kappa shape index (κ3) is 3.64. The highest BCUT2D eigenvalue weighted by molar-refractivity contribution is 9.04. The van der Waals surface area contributed by atoms with Gasteiger partial charge in [-0.2, -0.15) is 0 Å². The van der Waals surface area contributed by atoms with E-state index in [2.05, 4.69) is 0 Å². The maximum Gasteiger partial charge on any atom is 0.220 e. The monoisotopic (exact) mass is 274 g/mol. The van der Waals surface area contributed by atoms with Gasteiger partial charge >= 0.3 is 0 Å². The first-order chi connectivity index (χ1) is 6.21. The molecule has 0 aromatic heterocycles. The summed E-state index contributed by atoms with van der Waals surface area (Å²) in [7, 11) is -7.36. The Morgan fingerprint density at radius 3 is 1.00 bits per heavy atom. The first kappa shape index (κ1) is 15.2. The van der Waals surface area contributed by atoms with Crippen molar-refractivity contribution in [3.8, 4) is 0 Å². The Morgan fingerprint density at radius 1 is 0.667 bits per heavy atom. The molecule has 0 atom stereocenters. The van der Waals surface area contributed by atoms with E-state index in [1.165, 1.54) is 41.5 Å². The lowest BCUT2D eigenvalue weighted by molar-refractivity contribution is 0.573. The van der Waals surface area contributed by atoms with Crippen LogP contribution in [0.5, 0.6) is 0 Å². The quantitative estimate of drug-likeness (QED) is 0.720. The van der Waals surface area contributed by atoms with E-state index < -0.39 is 27.2 Å². The highest BCUT2D eigenvalue weighted by Gasteiger charge is 2.40. The van der Waals surface area contributed by atoms with Crippen LogP contribution >= 0.6 is 9.83 Å². The molecule has 0 aromatic carbocycles. The average molecular weight is 274 g/mol. The number of hydrogen-bond acceptors (Lipinski definition) is 5. The smallest absolute Gasteiger partial charge is 0.216 e. The lowest BCUT2D eigenvalue weighted by Gasteiger charge is -2.22. The summed E-state index contributed by atoms with van der Waals surface area (Å²) in [4.78, 5) is 0. The van der Waals surface area contributed by atoms with Crippen molar-refractivity contribution in [3.63, 3.8) is 0 Å². The molecule has 0 aliphatic heterocycles. The van der Waals surface area contributed by atoms with Crippen LogP contribution in [0.15, 0.2) is 0 Å². The van der Waals surface area contributed by atoms with Crippen molar-refractivity contribution >= 4 is 27.6 Å². The minimum Gasteiger partial charge on any atom is -0.216 e. The molecule has 0 amide bonds. The second-order valence-electron chi connectivity index (χ2n) is 5.20. The molecule has 0 spiro atoms. The van der Waals surface area contributed by atoms with Crippen molar-refractivity contribution in [3.05, 3.63) is 0 Å². The fraction of sp³-hybridized carbons (Fsp3) is 1.00. The molecule has 4 nitrogen and oxygen atoms in total. The van der Waals surface area contributed by atoms with Gasteiger partial charge in [0.05, 0.1) is 9.49 Å². The summed E-state index contributed by atoms with van der Waals surface area (Å²) in [6.45, 7) is 8.88. The number of rotatable bonds is 2. The lowest BCUT2D eigenvalue weighted by atomic mass is 10.3. The van der Waals surface area contributed by atoms with E-state index in [9.17, 15) is 16.8 Å². The summed E-state index contributed by atoms with van der Waals surface area (Å²) >= 11 is 0. The standard InChI is InChI=1S/C8H18O4S3/c1-7(2,3)14(9,10)13-15(11,12)8(4,5)6/h1-6H3. The van der Waals surface area contributed by atoms with Gasteiger partial charge < -0.3 is 0 Å². The van der Waals surface area contributed by atoms with Crippen LogP contribution in [0.25, 0.3) is 0 Å². The molecule has 0 radical (unpaired) electrons. The van der Waals surface area contributed by atoms with Gasteiger partial charge in [-0.15, -0.1) is 0 Å². The van der Waals surface area contributed by atoms with E-state index in [-0.39, 0.29) is 9.83 Å². The van der Waals surface area contributed by atoms with Crippen LogP contribution in [0.4, 0.5) is 0 Å². The van der Waals surface area contributed by atoms with Crippen molar-refractivity contribution in [1.82, 2.24) is 0 Å². The molecule has 0 bridgehead atoms. The normalized spacial score (nSPS) is 15.3. The van der Waals surface area contributed by atoms with Crippen molar-refractivity contribution in [1.29, 1.82) is 0 Å². The first-order valence-corrected chi connectivity index (χ1v) is 9.22. The SMILES string of the molecule is CC(C)(C)S(=O)(=O)SS(=O)(=O)C(C)(C)C. The van der Waals surface area contributed by atoms with Gasteiger partial charge in [-0.25, -0.2) is 16.8 Å². The summed E-state index contributed by atoms with van der Waals surface area (Å²) in [5.41, 5.74) is 0. The Balaban J connectivity index is 5.28. The summed E-state index contributed by atoms with van der Waals surface area (Å²) in [5, 5.41) is 0. The molecular weight excluding hydrogens is 256 g/mol. The van der Waals surface area contributed by atoms with Crippen LogP contribution in [-0.2, 0) is 17.7 Å². The third-order valence-electron chi connectivity index (χ3n) is 1.68. The molecule has 0 aromatic rings. The fourth-order valence-corrected chi connectivity index (χ4v) is 8.70. The van der Waals surface area contributed by atoms with Gasteiger partial charge in [-0.05, 0) is 41.5 Å². The Labute approximate surface area is 95.5 Å². The largest absolute Gasteiger partial charge is 0.220 e. The highest BCUT2D eigenvalue weighted by atomic mass is 33.5. The van der Waals surface area contributed by atoms with Gasteiger partial charge in [0, 0.05) is 0 Å². The molecule has 0 rings (SSSR count). The van der Waals surface area contributed by atoms with E-state index in [0.29, 0.717) is 0 Å². The van der Waals surface area contributed by atoms with Crippen LogP contribution in [0.1, 0.15) is 41.5 Å². The third-order valence-corrected chi connectivity index (χ3v) is 12.3. The highest BCUT2D eigenvalue weighted by Crippen LogP contribution is 2.37. The summed E-state index contributed by atoms with van der Waals surface area (Å²) < 4.78 is 44.6. The van der Waals surface area contributed by atoms with Gasteiger partial charge in [0.1, 0.15) is 9.83 Å². The minimum atomic E-state index is -3.71. The van der Waals surface area contributed by atoms with E-state index in [0.717, 1.165) is 0 Å². The Hall–Kier alpha value is 0.250. The fourth-order valence-electron chi connectivity index (χ4n) is 0.322. The first-order valence-electron chi connectivity index (χ1n) is 4.41. The van der Waals surface area contributed by atoms with Crippen LogP contribution in [0, 0.1) is 0 Å². The topological polar surface area (TPSA) is 68.3 Å². The molecule has 0 aliphatic rings. The Morgan fingerprint density at radius 2 is 0.867 bits per heavy atom. The molecular formula is C8H18O4S3. The molecule has 15 heavy (non-hydrogen) atoms. The van der Waals surface area contributed by atoms with Crippen LogP contribution in [-0.4, -0.2) is 26.3 Å². The van der Waals surface area contributed by atoms with Crippen LogP contribution in [0.2, 0.25) is 0 Å². The van der Waals surface area contributed by atoms with Gasteiger partial charge in [0.15, 0.2) is 0 Å². The maximum atomic E-state index is 11.7. The summed E-state index contributed by atoms with van der Waals surface area (Å²) in [5.74, 6) is 0. The van der Waals surface area contributed by atoms with Crippen LogP contribution in [0.3, 0.4) is 0 Å². The molecule has 0 heterocycles. The van der Waals surface area contributed by atoms with Crippen molar-refractivity contribution in [2.45, 2.75) is 51.0 Å². The molecule has 0 saturated heterocycles. The minimum absolute atomic E-state index is 0.0625. The predicted octanol–water partition coefficient (Wildman–Crippen LogP) is 1.98. The second-order valence-corrected chi connectivity index (χ2v) is 13.9. The van der Waals surface area contributed by atoms with E-state index in [1.54, 1.807) is 0 Å². The lowest BCUT2D eigenvalue weighted by Crippen LogP contribution is -2.31. The molecule has 92 valence electrons. The predicted molar refractivity (Wildman–Crippen MR) is 64.9 cm³/mol. The number of hydrogen-bond donors (Lipinski definition) is 0. The molecule has 0 aliphatic carbocycles. The zero-order valence-electron chi connectivity index (χ0n) is 9.86. The van der Waals surface area contributed by atoms with Crippen molar-refractivity contribution in [2.24, 2.45) is 0 Å². The van der Waals surface area contributed by atoms with E-state index >= 15 is 0 Å². The second kappa shape index (κ2) is 3.92. The van der Waals surface area contributed by atoms with Gasteiger partial charge in [-0.3, -0.25) is 0 Å². The average Bonchev–Trinajstić information content (AvgIpc) is 1.77. The summed E-state index contributed by atoms with van der Waals surface area (Å²) in [6, 6.07) is 0.